The normalized spacial score (nSPS) is 25.5. The molecule has 4 atom stereocenters. The fourth-order valence-electron chi connectivity index (χ4n) is 6.33. The van der Waals surface area contributed by atoms with Crippen molar-refractivity contribution in [2.45, 2.75) is 82.0 Å². The van der Waals surface area contributed by atoms with Crippen molar-refractivity contribution in [3.05, 3.63) is 69.7 Å². The van der Waals surface area contributed by atoms with Crippen molar-refractivity contribution in [1.29, 1.82) is 0 Å². The van der Waals surface area contributed by atoms with E-state index in [9.17, 15) is 23.1 Å². The average Bonchev–Trinajstić information content (AvgIpc) is 3.41. The number of carbonyl (C=O) groups is 2. The molecule has 4 rings (SSSR count). The van der Waals surface area contributed by atoms with E-state index in [0.717, 1.165) is 24.0 Å². The van der Waals surface area contributed by atoms with Crippen LogP contribution in [0.2, 0.25) is 10.0 Å². The molecule has 2 aromatic rings. The molecule has 38 heavy (non-hydrogen) atoms. The zero-order valence-electron chi connectivity index (χ0n) is 21.8. The molecular formula is C29H35Cl2NO5S. The van der Waals surface area contributed by atoms with Crippen LogP contribution in [0.3, 0.4) is 0 Å². The Hall–Kier alpha value is -2.09. The maximum Gasteiger partial charge on any atom is 0.304 e. The van der Waals surface area contributed by atoms with Crippen molar-refractivity contribution in [1.82, 2.24) is 4.90 Å². The molecule has 2 aromatic carbocycles. The molecule has 1 heterocycles. The minimum Gasteiger partial charge on any atom is -0.481 e. The van der Waals surface area contributed by atoms with Gasteiger partial charge in [0.2, 0.25) is 5.91 Å². The topological polar surface area (TPSA) is 91.8 Å². The van der Waals surface area contributed by atoms with Gasteiger partial charge in [-0.2, -0.15) is 0 Å². The summed E-state index contributed by atoms with van der Waals surface area (Å²) in [5, 5.41) is 10.5. The van der Waals surface area contributed by atoms with Gasteiger partial charge < -0.3 is 10.0 Å². The molecule has 9 heteroatoms. The summed E-state index contributed by atoms with van der Waals surface area (Å²) in [5.41, 5.74) is 0.480. The number of piperidine rings is 1. The lowest BCUT2D eigenvalue weighted by Crippen LogP contribution is -2.57. The second kappa shape index (κ2) is 11.6. The number of carbonyl (C=O) groups excluding carboxylic acids is 1. The van der Waals surface area contributed by atoms with Crippen LogP contribution < -0.4 is 0 Å². The Labute approximate surface area is 235 Å². The van der Waals surface area contributed by atoms with E-state index < -0.39 is 33.3 Å². The van der Waals surface area contributed by atoms with E-state index in [1.165, 1.54) is 0 Å². The fourth-order valence-corrected chi connectivity index (χ4v) is 8.91. The second-order valence-corrected chi connectivity index (χ2v) is 14.2. The van der Waals surface area contributed by atoms with Crippen molar-refractivity contribution in [3.8, 4) is 0 Å². The minimum atomic E-state index is -3.46. The summed E-state index contributed by atoms with van der Waals surface area (Å²) < 4.78 is 27.0. The number of nitrogens with zero attached hydrogens (tertiary/aromatic N) is 1. The van der Waals surface area contributed by atoms with Gasteiger partial charge in [-0.05, 0) is 61.1 Å². The van der Waals surface area contributed by atoms with Gasteiger partial charge in [0, 0.05) is 22.0 Å². The molecule has 0 spiro atoms. The number of aliphatic carboxylic acids is 1. The molecule has 1 N–H and O–H groups in total. The van der Waals surface area contributed by atoms with Crippen molar-refractivity contribution in [2.24, 2.45) is 5.41 Å². The first-order valence-electron chi connectivity index (χ1n) is 13.2. The lowest BCUT2D eigenvalue weighted by molar-refractivity contribution is -0.160. The Balaban J connectivity index is 1.87. The molecule has 2 aliphatic rings. The van der Waals surface area contributed by atoms with Crippen LogP contribution in [0, 0.1) is 5.41 Å². The fraction of sp³-hybridized carbons (Fsp3) is 0.517. The van der Waals surface area contributed by atoms with Crippen LogP contribution in [-0.2, 0) is 19.4 Å². The number of hydrogen-bond acceptors (Lipinski definition) is 4. The van der Waals surface area contributed by atoms with E-state index in [0.29, 0.717) is 29.3 Å². The summed E-state index contributed by atoms with van der Waals surface area (Å²) in [6.07, 6.45) is 3.44. The third-order valence-corrected chi connectivity index (χ3v) is 11.1. The van der Waals surface area contributed by atoms with Crippen LogP contribution in [0.25, 0.3) is 0 Å². The first-order valence-corrected chi connectivity index (χ1v) is 15.7. The standard InChI is InChI=1S/C29H35Cl2NO5S/c1-3-23(18-38(36,37)24-9-4-5-10-24)32-27(19-11-13-21(30)14-12-19)25(20-7-6-8-22(31)15-20)16-29(2,28(32)35)17-26(33)34/h6-8,11-15,23-25,27H,3-5,9-10,16-18H2,1-2H3,(H,33,34). The SMILES string of the molecule is CCC(CS(=O)(=O)C1CCCC1)N1C(=O)C(C)(CC(=O)O)CC(c2cccc(Cl)c2)C1c1ccc(Cl)cc1. The second-order valence-electron chi connectivity index (χ2n) is 11.0. The van der Waals surface area contributed by atoms with Crippen LogP contribution in [0.15, 0.2) is 48.5 Å². The molecule has 1 aliphatic carbocycles. The lowest BCUT2D eigenvalue weighted by Gasteiger charge is -2.52. The summed E-state index contributed by atoms with van der Waals surface area (Å²) in [7, 11) is -3.46. The molecule has 6 nitrogen and oxygen atoms in total. The van der Waals surface area contributed by atoms with Crippen molar-refractivity contribution in [2.75, 3.05) is 5.75 Å². The molecule has 1 amide bonds. The van der Waals surface area contributed by atoms with E-state index in [4.69, 9.17) is 23.2 Å². The van der Waals surface area contributed by atoms with E-state index in [-0.39, 0.29) is 35.7 Å². The van der Waals surface area contributed by atoms with Gasteiger partial charge in [0.05, 0.1) is 28.9 Å². The summed E-state index contributed by atoms with van der Waals surface area (Å²) >= 11 is 12.6. The van der Waals surface area contributed by atoms with Gasteiger partial charge in [-0.3, -0.25) is 9.59 Å². The highest BCUT2D eigenvalue weighted by Gasteiger charge is 2.53. The summed E-state index contributed by atoms with van der Waals surface area (Å²) in [4.78, 5) is 27.9. The Morgan fingerprint density at radius 3 is 2.32 bits per heavy atom. The predicted octanol–water partition coefficient (Wildman–Crippen LogP) is 6.67. The highest BCUT2D eigenvalue weighted by molar-refractivity contribution is 7.92. The van der Waals surface area contributed by atoms with E-state index in [1.54, 1.807) is 30.0 Å². The molecule has 1 saturated carbocycles. The van der Waals surface area contributed by atoms with Gasteiger partial charge >= 0.3 is 5.97 Å². The highest BCUT2D eigenvalue weighted by Crippen LogP contribution is 2.52. The van der Waals surface area contributed by atoms with Crippen LogP contribution in [0.5, 0.6) is 0 Å². The maximum absolute atomic E-state index is 14.3. The quantitative estimate of drug-likeness (QED) is 0.358. The summed E-state index contributed by atoms with van der Waals surface area (Å²) in [5.74, 6) is -1.84. The lowest BCUT2D eigenvalue weighted by atomic mass is 9.67. The third-order valence-electron chi connectivity index (χ3n) is 8.23. The number of carboxylic acids is 1. The molecule has 206 valence electrons. The van der Waals surface area contributed by atoms with Crippen molar-refractivity contribution >= 4 is 44.9 Å². The molecule has 0 bridgehead atoms. The van der Waals surface area contributed by atoms with Gasteiger partial charge in [-0.25, -0.2) is 8.42 Å². The minimum absolute atomic E-state index is 0.143. The van der Waals surface area contributed by atoms with Gasteiger partial charge in [-0.1, -0.05) is 74.2 Å². The Morgan fingerprint density at radius 2 is 1.74 bits per heavy atom. The Morgan fingerprint density at radius 1 is 1.08 bits per heavy atom. The first-order chi connectivity index (χ1) is 17.9. The van der Waals surface area contributed by atoms with E-state index >= 15 is 0 Å². The van der Waals surface area contributed by atoms with Crippen LogP contribution >= 0.6 is 23.2 Å². The number of amides is 1. The smallest absolute Gasteiger partial charge is 0.304 e. The number of carboxylic acid groups (broad SMARTS) is 1. The Bertz CT molecular complexity index is 1280. The van der Waals surface area contributed by atoms with Crippen molar-refractivity contribution in [3.63, 3.8) is 0 Å². The maximum atomic E-state index is 14.3. The molecule has 1 saturated heterocycles. The number of benzene rings is 2. The summed E-state index contributed by atoms with van der Waals surface area (Å²) in [6.45, 7) is 3.57. The first kappa shape index (κ1) is 28.9. The van der Waals surface area contributed by atoms with Crippen molar-refractivity contribution < 1.29 is 23.1 Å². The van der Waals surface area contributed by atoms with Crippen LogP contribution in [-0.4, -0.2) is 47.3 Å². The molecule has 4 unspecified atom stereocenters. The monoisotopic (exact) mass is 579 g/mol. The van der Waals surface area contributed by atoms with Crippen LogP contribution in [0.4, 0.5) is 0 Å². The van der Waals surface area contributed by atoms with Gasteiger partial charge in [-0.15, -0.1) is 0 Å². The largest absolute Gasteiger partial charge is 0.481 e. The van der Waals surface area contributed by atoms with E-state index in [2.05, 4.69) is 0 Å². The van der Waals surface area contributed by atoms with E-state index in [1.807, 2.05) is 37.3 Å². The number of sulfone groups is 1. The number of likely N-dealkylation sites (tertiary alicyclic amines) is 1. The van der Waals surface area contributed by atoms with Gasteiger partial charge in [0.15, 0.2) is 9.84 Å². The zero-order valence-corrected chi connectivity index (χ0v) is 24.1. The van der Waals surface area contributed by atoms with Gasteiger partial charge in [0.25, 0.3) is 0 Å². The zero-order chi connectivity index (χ0) is 27.7. The molecule has 1 aliphatic heterocycles. The molecule has 2 fully saturated rings. The molecule has 0 radical (unpaired) electrons. The molecular weight excluding hydrogens is 545 g/mol. The number of hydrogen-bond donors (Lipinski definition) is 1. The Kier molecular flexibility index (Phi) is 8.80. The third kappa shape index (κ3) is 6.05. The number of rotatable bonds is 9. The summed E-state index contributed by atoms with van der Waals surface area (Å²) in [6, 6.07) is 13.5. The average molecular weight is 581 g/mol. The predicted molar refractivity (Wildman–Crippen MR) is 150 cm³/mol. The molecule has 0 aromatic heterocycles. The van der Waals surface area contributed by atoms with Gasteiger partial charge in [0.1, 0.15) is 0 Å². The number of halogens is 2. The van der Waals surface area contributed by atoms with Crippen LogP contribution in [0.1, 0.15) is 81.9 Å². The highest BCUT2D eigenvalue weighted by atomic mass is 35.5.